The average Bonchev–Trinajstić information content (AvgIpc) is 3.44. The minimum atomic E-state index is -0.177. The molecule has 8 heteroatoms. The first kappa shape index (κ1) is 18.6. The summed E-state index contributed by atoms with van der Waals surface area (Å²) in [5.74, 6) is -0.0150. The molecule has 0 bridgehead atoms. The molecule has 142 valence electrons. The van der Waals surface area contributed by atoms with Gasteiger partial charge in [-0.3, -0.25) is 9.78 Å². The molecular weight excluding hydrogens is 332 g/mol. The van der Waals surface area contributed by atoms with Gasteiger partial charge in [-0.05, 0) is 26.0 Å². The standard InChI is InChI=1S/C18H28N6O2/c1-23-8-10-24(11-9-23)7-5-17(25)22-16-4-6-19-12-14(16)13-20-18(26)21-15-2-3-15/h4,6,12,15H,2-3,5,7-11,13H2,1H3,(H,19,22,25)(H2,20,21,26). The summed E-state index contributed by atoms with van der Waals surface area (Å²) in [6, 6.07) is 1.91. The maximum absolute atomic E-state index is 12.3. The highest BCUT2D eigenvalue weighted by molar-refractivity contribution is 5.91. The van der Waals surface area contributed by atoms with Crippen LogP contribution in [-0.4, -0.2) is 72.5 Å². The van der Waals surface area contributed by atoms with Gasteiger partial charge < -0.3 is 25.8 Å². The maximum Gasteiger partial charge on any atom is 0.315 e. The number of amides is 3. The Morgan fingerprint density at radius 1 is 1.23 bits per heavy atom. The third-order valence-corrected chi connectivity index (χ3v) is 4.78. The van der Waals surface area contributed by atoms with E-state index in [4.69, 9.17) is 0 Å². The second-order valence-electron chi connectivity index (χ2n) is 7.08. The van der Waals surface area contributed by atoms with Crippen LogP contribution in [0.25, 0.3) is 0 Å². The van der Waals surface area contributed by atoms with E-state index in [1.54, 1.807) is 18.5 Å². The number of carbonyl (C=O) groups is 2. The Labute approximate surface area is 154 Å². The van der Waals surface area contributed by atoms with E-state index in [2.05, 4.69) is 37.8 Å². The number of hydrogen-bond donors (Lipinski definition) is 3. The summed E-state index contributed by atoms with van der Waals surface area (Å²) in [5.41, 5.74) is 1.50. The smallest absolute Gasteiger partial charge is 0.315 e. The second-order valence-corrected chi connectivity index (χ2v) is 7.08. The summed E-state index contributed by atoms with van der Waals surface area (Å²) in [4.78, 5) is 32.8. The third kappa shape index (κ3) is 5.96. The molecule has 0 radical (unpaired) electrons. The summed E-state index contributed by atoms with van der Waals surface area (Å²) in [5, 5.41) is 8.64. The van der Waals surface area contributed by atoms with Crippen molar-refractivity contribution < 1.29 is 9.59 Å². The summed E-state index contributed by atoms with van der Waals surface area (Å²) in [7, 11) is 2.12. The number of anilines is 1. The molecular formula is C18H28N6O2. The van der Waals surface area contributed by atoms with E-state index in [9.17, 15) is 9.59 Å². The quantitative estimate of drug-likeness (QED) is 0.663. The predicted octanol–water partition coefficient (Wildman–Crippen LogP) is 0.619. The molecule has 0 unspecified atom stereocenters. The Kier molecular flexibility index (Phi) is 6.40. The Morgan fingerprint density at radius 3 is 2.73 bits per heavy atom. The van der Waals surface area contributed by atoms with Crippen LogP contribution in [0.3, 0.4) is 0 Å². The fraction of sp³-hybridized carbons (Fsp3) is 0.611. The lowest BCUT2D eigenvalue weighted by atomic mass is 10.2. The molecule has 2 aliphatic rings. The van der Waals surface area contributed by atoms with Gasteiger partial charge in [0.25, 0.3) is 0 Å². The molecule has 1 aromatic rings. The molecule has 0 atom stereocenters. The molecule has 8 nitrogen and oxygen atoms in total. The van der Waals surface area contributed by atoms with Crippen molar-refractivity contribution in [1.29, 1.82) is 0 Å². The molecule has 1 aromatic heterocycles. The molecule has 1 saturated heterocycles. The average molecular weight is 360 g/mol. The second kappa shape index (κ2) is 8.95. The highest BCUT2D eigenvalue weighted by Gasteiger charge is 2.23. The number of urea groups is 1. The van der Waals surface area contributed by atoms with Gasteiger partial charge in [0.15, 0.2) is 0 Å². The number of rotatable bonds is 7. The van der Waals surface area contributed by atoms with Gasteiger partial charge in [-0.1, -0.05) is 0 Å². The van der Waals surface area contributed by atoms with Gasteiger partial charge in [0.1, 0.15) is 0 Å². The van der Waals surface area contributed by atoms with E-state index in [1.807, 2.05) is 0 Å². The van der Waals surface area contributed by atoms with Crippen molar-refractivity contribution in [2.45, 2.75) is 31.8 Å². The Hall–Kier alpha value is -2.19. The molecule has 2 heterocycles. The molecule has 3 N–H and O–H groups in total. The van der Waals surface area contributed by atoms with Crippen molar-refractivity contribution in [3.05, 3.63) is 24.0 Å². The van der Waals surface area contributed by atoms with Crippen LogP contribution in [0.1, 0.15) is 24.8 Å². The number of piperazine rings is 1. The van der Waals surface area contributed by atoms with Crippen molar-refractivity contribution in [1.82, 2.24) is 25.4 Å². The predicted molar refractivity (Wildman–Crippen MR) is 99.8 cm³/mol. The Balaban J connectivity index is 1.44. The van der Waals surface area contributed by atoms with E-state index in [0.717, 1.165) is 51.1 Å². The van der Waals surface area contributed by atoms with Gasteiger partial charge in [0, 0.05) is 75.4 Å². The number of likely N-dealkylation sites (N-methyl/N-ethyl adjacent to an activating group) is 1. The van der Waals surface area contributed by atoms with Crippen molar-refractivity contribution in [3.63, 3.8) is 0 Å². The molecule has 3 amide bonds. The number of hydrogen-bond acceptors (Lipinski definition) is 5. The van der Waals surface area contributed by atoms with Gasteiger partial charge in [-0.2, -0.15) is 0 Å². The van der Waals surface area contributed by atoms with Crippen LogP contribution in [0.4, 0.5) is 10.5 Å². The zero-order valence-corrected chi connectivity index (χ0v) is 15.3. The minimum Gasteiger partial charge on any atom is -0.335 e. The molecule has 3 rings (SSSR count). The van der Waals surface area contributed by atoms with E-state index in [0.29, 0.717) is 24.7 Å². The van der Waals surface area contributed by atoms with E-state index in [-0.39, 0.29) is 11.9 Å². The van der Waals surface area contributed by atoms with Crippen molar-refractivity contribution >= 4 is 17.6 Å². The highest BCUT2D eigenvalue weighted by atomic mass is 16.2. The zero-order chi connectivity index (χ0) is 18.4. The first-order chi connectivity index (χ1) is 12.6. The number of pyridine rings is 1. The van der Waals surface area contributed by atoms with Crippen LogP contribution >= 0.6 is 0 Å². The fourth-order valence-corrected chi connectivity index (χ4v) is 2.87. The van der Waals surface area contributed by atoms with E-state index < -0.39 is 0 Å². The lowest BCUT2D eigenvalue weighted by Gasteiger charge is -2.32. The molecule has 1 saturated carbocycles. The van der Waals surface area contributed by atoms with Crippen LogP contribution in [0, 0.1) is 0 Å². The molecule has 0 spiro atoms. The first-order valence-corrected chi connectivity index (χ1v) is 9.28. The van der Waals surface area contributed by atoms with Gasteiger partial charge in [-0.15, -0.1) is 0 Å². The van der Waals surface area contributed by atoms with E-state index in [1.165, 1.54) is 0 Å². The Morgan fingerprint density at radius 2 is 2.00 bits per heavy atom. The van der Waals surface area contributed by atoms with Crippen LogP contribution in [0.5, 0.6) is 0 Å². The Bertz CT molecular complexity index is 626. The number of carbonyl (C=O) groups excluding carboxylic acids is 2. The van der Waals surface area contributed by atoms with Gasteiger partial charge >= 0.3 is 6.03 Å². The molecule has 1 aliphatic heterocycles. The summed E-state index contributed by atoms with van der Waals surface area (Å²) < 4.78 is 0. The van der Waals surface area contributed by atoms with Gasteiger partial charge in [0.05, 0.1) is 0 Å². The number of nitrogens with one attached hydrogen (secondary N) is 3. The van der Waals surface area contributed by atoms with Gasteiger partial charge in [-0.25, -0.2) is 4.79 Å². The monoisotopic (exact) mass is 360 g/mol. The summed E-state index contributed by atoms with van der Waals surface area (Å²) >= 11 is 0. The normalized spacial score (nSPS) is 18.3. The van der Waals surface area contributed by atoms with Crippen molar-refractivity contribution in [2.24, 2.45) is 0 Å². The third-order valence-electron chi connectivity index (χ3n) is 4.78. The number of aromatic nitrogens is 1. The van der Waals surface area contributed by atoms with Crippen LogP contribution < -0.4 is 16.0 Å². The topological polar surface area (TPSA) is 89.6 Å². The maximum atomic E-state index is 12.3. The molecule has 2 fully saturated rings. The SMILES string of the molecule is CN1CCN(CCC(=O)Nc2ccncc2CNC(=O)NC2CC2)CC1. The van der Waals surface area contributed by atoms with Crippen LogP contribution in [0.2, 0.25) is 0 Å². The molecule has 1 aliphatic carbocycles. The number of nitrogens with zero attached hydrogens (tertiary/aromatic N) is 3. The van der Waals surface area contributed by atoms with Gasteiger partial charge in [0.2, 0.25) is 5.91 Å². The van der Waals surface area contributed by atoms with E-state index >= 15 is 0 Å². The zero-order valence-electron chi connectivity index (χ0n) is 15.3. The minimum absolute atomic E-state index is 0.0150. The molecule has 26 heavy (non-hydrogen) atoms. The largest absolute Gasteiger partial charge is 0.335 e. The lowest BCUT2D eigenvalue weighted by molar-refractivity contribution is -0.116. The van der Waals surface area contributed by atoms with Crippen molar-refractivity contribution in [2.75, 3.05) is 45.1 Å². The lowest BCUT2D eigenvalue weighted by Crippen LogP contribution is -2.45. The summed E-state index contributed by atoms with van der Waals surface area (Å²) in [6.07, 6.45) is 5.88. The highest BCUT2D eigenvalue weighted by Crippen LogP contribution is 2.18. The molecule has 0 aromatic carbocycles. The first-order valence-electron chi connectivity index (χ1n) is 9.28. The van der Waals surface area contributed by atoms with Crippen LogP contribution in [0.15, 0.2) is 18.5 Å². The summed E-state index contributed by atoms with van der Waals surface area (Å²) in [6.45, 7) is 5.20. The van der Waals surface area contributed by atoms with Crippen LogP contribution in [-0.2, 0) is 11.3 Å². The fourth-order valence-electron chi connectivity index (χ4n) is 2.87. The van der Waals surface area contributed by atoms with Crippen molar-refractivity contribution in [3.8, 4) is 0 Å².